The van der Waals surface area contributed by atoms with Crippen LogP contribution in [-0.4, -0.2) is 37.5 Å². The molecule has 0 unspecified atom stereocenters. The third kappa shape index (κ3) is 4.23. The van der Waals surface area contributed by atoms with Crippen LogP contribution in [0.5, 0.6) is 0 Å². The number of carbonyl (C=O) groups is 1. The van der Waals surface area contributed by atoms with Crippen LogP contribution >= 0.6 is 0 Å². The molecule has 2 N–H and O–H groups in total. The molecule has 1 amide bonds. The van der Waals surface area contributed by atoms with E-state index in [4.69, 9.17) is 5.73 Å². The maximum Gasteiger partial charge on any atom is 0.218 e. The molecule has 4 heteroatoms. The molecule has 0 aromatic heterocycles. The Kier molecular flexibility index (Phi) is 5.41. The lowest BCUT2D eigenvalue weighted by atomic mass is 10.1. The molecule has 1 fully saturated rings. The Morgan fingerprint density at radius 2 is 1.95 bits per heavy atom. The predicted octanol–water partition coefficient (Wildman–Crippen LogP) is 1.98. The van der Waals surface area contributed by atoms with Gasteiger partial charge in [-0.15, -0.1) is 0 Å². The van der Waals surface area contributed by atoms with Crippen LogP contribution in [-0.2, 0) is 11.3 Å². The van der Waals surface area contributed by atoms with Crippen LogP contribution in [0, 0.1) is 0 Å². The van der Waals surface area contributed by atoms with E-state index in [9.17, 15) is 4.79 Å². The van der Waals surface area contributed by atoms with Gasteiger partial charge in [0.05, 0.1) is 0 Å². The summed E-state index contributed by atoms with van der Waals surface area (Å²) < 4.78 is 0. The summed E-state index contributed by atoms with van der Waals surface area (Å²) in [5, 5.41) is 0. The van der Waals surface area contributed by atoms with Crippen LogP contribution in [0.4, 0.5) is 5.69 Å². The van der Waals surface area contributed by atoms with E-state index in [2.05, 4.69) is 34.1 Å². The van der Waals surface area contributed by atoms with Crippen LogP contribution in [0.3, 0.4) is 0 Å². The third-order valence-electron chi connectivity index (χ3n) is 3.87. The lowest BCUT2D eigenvalue weighted by Crippen LogP contribution is -2.31. The molecule has 0 atom stereocenters. The van der Waals surface area contributed by atoms with Crippen molar-refractivity contribution in [1.82, 2.24) is 4.90 Å². The van der Waals surface area contributed by atoms with E-state index in [-0.39, 0.29) is 5.91 Å². The Bertz CT molecular complexity index is 441. The number of nitrogens with two attached hydrogens (primary N) is 1. The van der Waals surface area contributed by atoms with Crippen LogP contribution in [0.25, 0.3) is 0 Å². The molecule has 0 saturated carbocycles. The van der Waals surface area contributed by atoms with Gasteiger partial charge >= 0.3 is 0 Å². The Morgan fingerprint density at radius 1 is 1.25 bits per heavy atom. The summed E-state index contributed by atoms with van der Waals surface area (Å²) in [6, 6.07) is 8.59. The molecule has 1 aromatic rings. The second-order valence-electron chi connectivity index (χ2n) is 5.63. The zero-order valence-corrected chi connectivity index (χ0v) is 12.3. The molecule has 0 aliphatic carbocycles. The Labute approximate surface area is 121 Å². The summed E-state index contributed by atoms with van der Waals surface area (Å²) in [6.07, 6.45) is 4.33. The van der Waals surface area contributed by atoms with Crippen LogP contribution in [0.2, 0.25) is 0 Å². The molecule has 2 rings (SSSR count). The number of benzene rings is 1. The maximum absolute atomic E-state index is 10.9. The SMILES string of the molecule is CN(CCC(N)=O)Cc1ccccc1N1CCCCC1. The highest BCUT2D eigenvalue weighted by Gasteiger charge is 2.14. The van der Waals surface area contributed by atoms with Crippen LogP contribution in [0.1, 0.15) is 31.2 Å². The minimum absolute atomic E-state index is 0.235. The minimum atomic E-state index is -0.235. The second-order valence-corrected chi connectivity index (χ2v) is 5.63. The molecule has 1 aliphatic heterocycles. The number of amides is 1. The van der Waals surface area contributed by atoms with E-state index in [1.807, 2.05) is 7.05 Å². The lowest BCUT2D eigenvalue weighted by molar-refractivity contribution is -0.118. The summed E-state index contributed by atoms with van der Waals surface area (Å²) in [5.41, 5.74) is 7.89. The molecule has 1 heterocycles. The highest BCUT2D eigenvalue weighted by atomic mass is 16.1. The monoisotopic (exact) mass is 275 g/mol. The molecule has 0 bridgehead atoms. The van der Waals surface area contributed by atoms with Crippen molar-refractivity contribution < 1.29 is 4.79 Å². The minimum Gasteiger partial charge on any atom is -0.371 e. The Hall–Kier alpha value is -1.55. The van der Waals surface area contributed by atoms with Crippen molar-refractivity contribution in [2.45, 2.75) is 32.2 Å². The first-order valence-electron chi connectivity index (χ1n) is 7.46. The third-order valence-corrected chi connectivity index (χ3v) is 3.87. The number of hydrogen-bond acceptors (Lipinski definition) is 3. The molecular weight excluding hydrogens is 250 g/mol. The molecule has 0 spiro atoms. The zero-order valence-electron chi connectivity index (χ0n) is 12.3. The Balaban J connectivity index is 2.01. The van der Waals surface area contributed by atoms with Gasteiger partial charge in [0, 0.05) is 38.3 Å². The van der Waals surface area contributed by atoms with E-state index >= 15 is 0 Å². The van der Waals surface area contributed by atoms with Crippen LogP contribution in [0.15, 0.2) is 24.3 Å². The Morgan fingerprint density at radius 3 is 2.65 bits per heavy atom. The molecule has 110 valence electrons. The van der Waals surface area contributed by atoms with E-state index < -0.39 is 0 Å². The summed E-state index contributed by atoms with van der Waals surface area (Å²) in [7, 11) is 2.04. The fourth-order valence-electron chi connectivity index (χ4n) is 2.76. The van der Waals surface area contributed by atoms with Crippen LogP contribution < -0.4 is 10.6 Å². The summed E-state index contributed by atoms with van der Waals surface area (Å²) >= 11 is 0. The standard InChI is InChI=1S/C16H25N3O/c1-18(12-9-16(17)20)13-14-7-3-4-8-15(14)19-10-5-2-6-11-19/h3-4,7-8H,2,5-6,9-13H2,1H3,(H2,17,20). The largest absolute Gasteiger partial charge is 0.371 e. The summed E-state index contributed by atoms with van der Waals surface area (Å²) in [5.74, 6) is -0.235. The zero-order chi connectivity index (χ0) is 14.4. The smallest absolute Gasteiger partial charge is 0.218 e. The lowest BCUT2D eigenvalue weighted by Gasteiger charge is -2.31. The van der Waals surface area contributed by atoms with Gasteiger partial charge in [-0.1, -0.05) is 18.2 Å². The number of rotatable bonds is 6. The van der Waals surface area contributed by atoms with Crippen molar-refractivity contribution in [3.8, 4) is 0 Å². The van der Waals surface area contributed by atoms with Crippen molar-refractivity contribution in [3.05, 3.63) is 29.8 Å². The molecule has 1 aliphatic rings. The molecule has 20 heavy (non-hydrogen) atoms. The summed E-state index contributed by atoms with van der Waals surface area (Å²) in [4.78, 5) is 15.5. The second kappa shape index (κ2) is 7.29. The van der Waals surface area contributed by atoms with Crippen molar-refractivity contribution in [2.75, 3.05) is 31.6 Å². The van der Waals surface area contributed by atoms with E-state index in [0.29, 0.717) is 13.0 Å². The molecule has 0 radical (unpaired) electrons. The predicted molar refractivity (Wildman–Crippen MR) is 82.7 cm³/mol. The summed E-state index contributed by atoms with van der Waals surface area (Å²) in [6.45, 7) is 3.88. The van der Waals surface area contributed by atoms with E-state index in [0.717, 1.165) is 19.6 Å². The molecule has 4 nitrogen and oxygen atoms in total. The van der Waals surface area contributed by atoms with Crippen molar-refractivity contribution in [3.63, 3.8) is 0 Å². The van der Waals surface area contributed by atoms with Gasteiger partial charge in [0.15, 0.2) is 0 Å². The van der Waals surface area contributed by atoms with Crippen molar-refractivity contribution in [1.29, 1.82) is 0 Å². The van der Waals surface area contributed by atoms with E-state index in [1.54, 1.807) is 0 Å². The molecule has 1 aromatic carbocycles. The number of primary amides is 1. The fraction of sp³-hybridized carbons (Fsp3) is 0.562. The van der Waals surface area contributed by atoms with Gasteiger partial charge in [-0.3, -0.25) is 4.79 Å². The number of nitrogens with zero attached hydrogens (tertiary/aromatic N) is 2. The fourth-order valence-corrected chi connectivity index (χ4v) is 2.76. The quantitative estimate of drug-likeness (QED) is 0.863. The number of piperidine rings is 1. The average Bonchev–Trinajstić information content (AvgIpc) is 2.47. The molecular formula is C16H25N3O. The van der Waals surface area contributed by atoms with E-state index in [1.165, 1.54) is 30.5 Å². The maximum atomic E-state index is 10.9. The number of carbonyl (C=O) groups excluding carboxylic acids is 1. The van der Waals surface area contributed by atoms with Gasteiger partial charge in [-0.2, -0.15) is 0 Å². The average molecular weight is 275 g/mol. The highest BCUT2D eigenvalue weighted by molar-refractivity contribution is 5.73. The van der Waals surface area contributed by atoms with Gasteiger partial charge in [-0.25, -0.2) is 0 Å². The van der Waals surface area contributed by atoms with Crippen molar-refractivity contribution >= 4 is 11.6 Å². The van der Waals surface area contributed by atoms with Crippen molar-refractivity contribution in [2.24, 2.45) is 5.73 Å². The first-order valence-corrected chi connectivity index (χ1v) is 7.46. The number of hydrogen-bond donors (Lipinski definition) is 1. The normalized spacial score (nSPS) is 15.6. The van der Waals surface area contributed by atoms with Gasteiger partial charge in [0.2, 0.25) is 5.91 Å². The first-order chi connectivity index (χ1) is 9.66. The van der Waals surface area contributed by atoms with Gasteiger partial charge in [0.25, 0.3) is 0 Å². The molecule has 1 saturated heterocycles. The van der Waals surface area contributed by atoms with Gasteiger partial charge < -0.3 is 15.5 Å². The first kappa shape index (κ1) is 14.9. The van der Waals surface area contributed by atoms with Gasteiger partial charge in [0.1, 0.15) is 0 Å². The highest BCUT2D eigenvalue weighted by Crippen LogP contribution is 2.24. The number of anilines is 1. The van der Waals surface area contributed by atoms with Gasteiger partial charge in [-0.05, 0) is 37.9 Å². The topological polar surface area (TPSA) is 49.6 Å². The number of para-hydroxylation sites is 1.